The van der Waals surface area contributed by atoms with E-state index in [-0.39, 0.29) is 17.2 Å². The lowest BCUT2D eigenvalue weighted by Crippen LogP contribution is -2.41. The van der Waals surface area contributed by atoms with Gasteiger partial charge in [-0.25, -0.2) is 9.37 Å². The molecule has 0 N–H and O–H groups in total. The number of aromatic nitrogens is 3. The lowest BCUT2D eigenvalue weighted by Gasteiger charge is -2.35. The van der Waals surface area contributed by atoms with Crippen molar-refractivity contribution in [2.75, 3.05) is 36.5 Å². The summed E-state index contributed by atoms with van der Waals surface area (Å²) in [6.45, 7) is 1.67. The maximum atomic E-state index is 14.3. The fourth-order valence-corrected chi connectivity index (χ4v) is 4.99. The Kier molecular flexibility index (Phi) is 6.32. The molecule has 3 heterocycles. The van der Waals surface area contributed by atoms with Crippen molar-refractivity contribution in [2.45, 2.75) is 37.8 Å². The molecule has 3 aromatic rings. The Morgan fingerprint density at radius 3 is 2.65 bits per heavy atom. The second-order valence-electron chi connectivity index (χ2n) is 9.14. The van der Waals surface area contributed by atoms with E-state index in [2.05, 4.69) is 46.2 Å². The summed E-state index contributed by atoms with van der Waals surface area (Å²) in [6.07, 6.45) is 7.62. The van der Waals surface area contributed by atoms with Gasteiger partial charge in [0, 0.05) is 50.2 Å². The van der Waals surface area contributed by atoms with Gasteiger partial charge in [0.15, 0.2) is 5.82 Å². The van der Waals surface area contributed by atoms with Crippen molar-refractivity contribution in [2.24, 2.45) is 7.05 Å². The summed E-state index contributed by atoms with van der Waals surface area (Å²) in [5.74, 6) is 0.00122. The summed E-state index contributed by atoms with van der Waals surface area (Å²) in [5.41, 5.74) is 2.65. The Hall–Kier alpha value is -3.26. The number of nitrogens with zero attached hydrogens (tertiary/aromatic N) is 5. The summed E-state index contributed by atoms with van der Waals surface area (Å²) < 4.78 is 21.9. The van der Waals surface area contributed by atoms with Crippen LogP contribution >= 0.6 is 0 Å². The Morgan fingerprint density at radius 1 is 1.15 bits per heavy atom. The Labute approximate surface area is 198 Å². The molecular weight excluding hydrogens is 433 g/mol. The van der Waals surface area contributed by atoms with E-state index in [9.17, 15) is 9.18 Å². The first-order valence-electron chi connectivity index (χ1n) is 11.9. The summed E-state index contributed by atoms with van der Waals surface area (Å²) >= 11 is 0. The minimum absolute atomic E-state index is 0.141. The molecule has 1 saturated carbocycles. The summed E-state index contributed by atoms with van der Waals surface area (Å²) in [4.78, 5) is 25.5. The van der Waals surface area contributed by atoms with Gasteiger partial charge < -0.3 is 14.5 Å². The van der Waals surface area contributed by atoms with Gasteiger partial charge in [-0.05, 0) is 36.6 Å². The molecule has 1 aliphatic heterocycles. The third kappa shape index (κ3) is 4.42. The number of hydrogen-bond donors (Lipinski definition) is 0. The van der Waals surface area contributed by atoms with Crippen molar-refractivity contribution in [3.05, 3.63) is 70.5 Å². The van der Waals surface area contributed by atoms with E-state index in [0.717, 1.165) is 11.8 Å². The zero-order valence-electron chi connectivity index (χ0n) is 19.7. The lowest BCUT2D eigenvalue weighted by atomic mass is 10.1. The van der Waals surface area contributed by atoms with E-state index in [1.165, 1.54) is 54.3 Å². The highest BCUT2D eigenvalue weighted by Gasteiger charge is 2.26. The van der Waals surface area contributed by atoms with Crippen LogP contribution in [0.5, 0.6) is 0 Å². The molecular formula is C26H30FN5O2. The molecule has 0 radical (unpaired) electrons. The van der Waals surface area contributed by atoms with Crippen molar-refractivity contribution < 1.29 is 9.13 Å². The van der Waals surface area contributed by atoms with Gasteiger partial charge in [0.25, 0.3) is 5.56 Å². The van der Waals surface area contributed by atoms with Crippen LogP contribution < -0.4 is 15.4 Å². The fraction of sp³-hybridized carbons (Fsp3) is 0.423. The number of morpholine rings is 1. The Morgan fingerprint density at radius 2 is 1.91 bits per heavy atom. The highest BCUT2D eigenvalue weighted by atomic mass is 19.1. The van der Waals surface area contributed by atoms with E-state index in [4.69, 9.17) is 4.74 Å². The van der Waals surface area contributed by atoms with Gasteiger partial charge in [0.2, 0.25) is 5.95 Å². The first-order valence-corrected chi connectivity index (χ1v) is 11.9. The number of halogens is 1. The van der Waals surface area contributed by atoms with Crippen molar-refractivity contribution in [3.8, 4) is 11.3 Å². The van der Waals surface area contributed by atoms with E-state index in [1.807, 2.05) is 4.90 Å². The standard InChI is InChI=1S/C26H30FN5O2/c1-30(19-5-3-4-6-19)20-9-7-18(8-10-20)24-17-32(13-14-34-24)26-29-23(15-25(33)31(26)2)21-11-12-28-16-22(21)27/h7-12,15-16,19,24H,3-6,13-14,17H2,1-2H3/t24-/m1/s1. The second-order valence-corrected chi connectivity index (χ2v) is 9.14. The summed E-state index contributed by atoms with van der Waals surface area (Å²) in [7, 11) is 3.87. The molecule has 1 aromatic carbocycles. The van der Waals surface area contributed by atoms with Gasteiger partial charge in [0.05, 0.1) is 25.0 Å². The largest absolute Gasteiger partial charge is 0.372 e. The van der Waals surface area contributed by atoms with Gasteiger partial charge in [-0.2, -0.15) is 0 Å². The summed E-state index contributed by atoms with van der Waals surface area (Å²) in [6, 6.07) is 12.1. The summed E-state index contributed by atoms with van der Waals surface area (Å²) in [5, 5.41) is 0. The van der Waals surface area contributed by atoms with E-state index in [0.29, 0.717) is 37.4 Å². The van der Waals surface area contributed by atoms with Crippen LogP contribution in [0, 0.1) is 5.82 Å². The number of ether oxygens (including phenoxy) is 1. The quantitative estimate of drug-likeness (QED) is 0.571. The number of hydrogen-bond acceptors (Lipinski definition) is 6. The van der Waals surface area contributed by atoms with E-state index in [1.54, 1.807) is 7.05 Å². The molecule has 2 aliphatic rings. The normalized spacial score (nSPS) is 18.9. The second kappa shape index (κ2) is 9.54. The predicted molar refractivity (Wildman–Crippen MR) is 131 cm³/mol. The molecule has 8 heteroatoms. The first-order chi connectivity index (χ1) is 16.5. The SMILES string of the molecule is CN(c1ccc([C@H]2CN(c3nc(-c4ccncc4F)cc(=O)n3C)CCO2)cc1)C1CCCC1. The van der Waals surface area contributed by atoms with Gasteiger partial charge in [-0.3, -0.25) is 14.3 Å². The number of rotatable bonds is 5. The average molecular weight is 464 g/mol. The van der Waals surface area contributed by atoms with Gasteiger partial charge in [-0.15, -0.1) is 0 Å². The predicted octanol–water partition coefficient (Wildman–Crippen LogP) is 3.94. The van der Waals surface area contributed by atoms with Crippen LogP contribution in [0.2, 0.25) is 0 Å². The van der Waals surface area contributed by atoms with Crippen LogP contribution in [0.3, 0.4) is 0 Å². The highest BCUT2D eigenvalue weighted by Crippen LogP contribution is 2.30. The van der Waals surface area contributed by atoms with Crippen LogP contribution in [0.4, 0.5) is 16.0 Å². The van der Waals surface area contributed by atoms with Crippen molar-refractivity contribution in [1.29, 1.82) is 0 Å². The topological polar surface area (TPSA) is 63.5 Å². The van der Waals surface area contributed by atoms with Gasteiger partial charge in [-0.1, -0.05) is 25.0 Å². The minimum atomic E-state index is -0.503. The molecule has 34 heavy (non-hydrogen) atoms. The molecule has 1 saturated heterocycles. The number of pyridine rings is 1. The third-order valence-corrected chi connectivity index (χ3v) is 7.05. The molecule has 1 atom stereocenters. The Balaban J connectivity index is 1.37. The van der Waals surface area contributed by atoms with Crippen molar-refractivity contribution >= 4 is 11.6 Å². The molecule has 0 amide bonds. The first kappa shape index (κ1) is 22.5. The van der Waals surface area contributed by atoms with Crippen molar-refractivity contribution in [3.63, 3.8) is 0 Å². The Bertz CT molecular complexity index is 1210. The van der Waals surface area contributed by atoms with Gasteiger partial charge in [0.1, 0.15) is 6.10 Å². The molecule has 0 unspecified atom stereocenters. The monoisotopic (exact) mass is 463 g/mol. The molecule has 2 aromatic heterocycles. The van der Waals surface area contributed by atoms with Crippen LogP contribution in [0.15, 0.2) is 53.6 Å². The minimum Gasteiger partial charge on any atom is -0.372 e. The zero-order chi connectivity index (χ0) is 23.7. The highest BCUT2D eigenvalue weighted by molar-refractivity contribution is 5.60. The molecule has 5 rings (SSSR count). The van der Waals surface area contributed by atoms with E-state index >= 15 is 0 Å². The van der Waals surface area contributed by atoms with Crippen molar-refractivity contribution in [1.82, 2.24) is 14.5 Å². The zero-order valence-corrected chi connectivity index (χ0v) is 19.7. The molecule has 2 fully saturated rings. The third-order valence-electron chi connectivity index (χ3n) is 7.05. The molecule has 1 aliphatic carbocycles. The van der Waals surface area contributed by atoms with Crippen LogP contribution in [-0.2, 0) is 11.8 Å². The average Bonchev–Trinajstić information content (AvgIpc) is 3.41. The van der Waals surface area contributed by atoms with Crippen LogP contribution in [0.25, 0.3) is 11.3 Å². The maximum Gasteiger partial charge on any atom is 0.255 e. The van der Waals surface area contributed by atoms with Crippen LogP contribution in [0.1, 0.15) is 37.4 Å². The van der Waals surface area contributed by atoms with E-state index < -0.39 is 5.82 Å². The van der Waals surface area contributed by atoms with Gasteiger partial charge >= 0.3 is 0 Å². The molecule has 0 spiro atoms. The maximum absolute atomic E-state index is 14.3. The lowest BCUT2D eigenvalue weighted by molar-refractivity contribution is 0.0390. The number of benzene rings is 1. The van der Waals surface area contributed by atoms with Crippen LogP contribution in [-0.4, -0.2) is 47.3 Å². The molecule has 0 bridgehead atoms. The molecule has 178 valence electrons. The molecule has 7 nitrogen and oxygen atoms in total. The number of anilines is 2. The fourth-order valence-electron chi connectivity index (χ4n) is 4.99. The smallest absolute Gasteiger partial charge is 0.255 e.